The Bertz CT molecular complexity index is 3680. The van der Waals surface area contributed by atoms with Gasteiger partial charge in [0, 0.05) is 75.9 Å². The van der Waals surface area contributed by atoms with Gasteiger partial charge in [0.15, 0.2) is 0 Å². The first-order valence-electron chi connectivity index (χ1n) is 25.7. The van der Waals surface area contributed by atoms with Crippen LogP contribution in [-0.2, 0) is 10.8 Å². The second kappa shape index (κ2) is 17.7. The Balaban J connectivity index is 0.994. The van der Waals surface area contributed by atoms with Gasteiger partial charge >= 0.3 is 0 Å². The van der Waals surface area contributed by atoms with E-state index in [0.29, 0.717) is 0 Å². The number of benzene rings is 10. The van der Waals surface area contributed by atoms with E-state index in [1.54, 1.807) is 0 Å². The molecule has 0 atom stereocenters. The summed E-state index contributed by atoms with van der Waals surface area (Å²) in [5.41, 5.74) is 14.2. The van der Waals surface area contributed by atoms with Crippen LogP contribution in [0.4, 0.5) is 34.1 Å². The van der Waals surface area contributed by atoms with Crippen molar-refractivity contribution in [2.75, 3.05) is 9.80 Å². The first kappa shape index (κ1) is 44.3. The van der Waals surface area contributed by atoms with Gasteiger partial charge in [-0.1, -0.05) is 170 Å². The van der Waals surface area contributed by atoms with E-state index in [1.807, 2.05) is 22.7 Å². The molecule has 6 heteroatoms. The second-order valence-corrected chi connectivity index (χ2v) is 21.6. The predicted molar refractivity (Wildman–Crippen MR) is 314 cm³/mol. The molecule has 2 aliphatic heterocycles. The van der Waals surface area contributed by atoms with Crippen molar-refractivity contribution in [2.24, 2.45) is 0 Å². The van der Waals surface area contributed by atoms with E-state index in [9.17, 15) is 0 Å². The SMILES string of the molecule is c1ccc(N(c2ccccc2)c2ccc(-c3cc4c(s3)-c3sc(-c5ccc(N(c6ccccc6)c6ccccc6)cc5)cc3C3(c5ccccc5Oc5ccccc53)C43c4ccccc4Oc4ccccc43)cc2)cc1. The van der Waals surface area contributed by atoms with E-state index < -0.39 is 10.8 Å². The van der Waals surface area contributed by atoms with Crippen LogP contribution < -0.4 is 19.3 Å². The molecule has 0 unspecified atom stereocenters. The summed E-state index contributed by atoms with van der Waals surface area (Å²) in [6.07, 6.45) is 0. The molecule has 2 aromatic heterocycles. The summed E-state index contributed by atoms with van der Waals surface area (Å²) in [5, 5.41) is 0. The van der Waals surface area contributed by atoms with Gasteiger partial charge in [0.2, 0.25) is 0 Å². The molecule has 1 aliphatic carbocycles. The number of fused-ring (bicyclic) bond motifs is 14. The maximum atomic E-state index is 7.05. The summed E-state index contributed by atoms with van der Waals surface area (Å²) in [6, 6.07) is 101. The molecule has 0 fully saturated rings. The van der Waals surface area contributed by atoms with Crippen LogP contribution in [0.25, 0.3) is 30.6 Å². The molecule has 4 nitrogen and oxygen atoms in total. The fourth-order valence-corrected chi connectivity index (χ4v) is 15.1. The van der Waals surface area contributed by atoms with Crippen molar-refractivity contribution in [3.05, 3.63) is 312 Å². The molecular formula is C70H46N2O2S2. The Morgan fingerprint density at radius 3 is 0.789 bits per heavy atom. The van der Waals surface area contributed by atoms with Gasteiger partial charge < -0.3 is 19.3 Å². The Kier molecular flexibility index (Phi) is 10.3. The molecule has 0 saturated carbocycles. The largest absolute Gasteiger partial charge is 0.457 e. The lowest BCUT2D eigenvalue weighted by Gasteiger charge is -2.58. The second-order valence-electron chi connectivity index (χ2n) is 19.5. The average Bonchev–Trinajstić information content (AvgIpc) is 3.84. The Morgan fingerprint density at radius 2 is 0.500 bits per heavy atom. The third-order valence-corrected chi connectivity index (χ3v) is 18.1. The van der Waals surface area contributed by atoms with Gasteiger partial charge in [-0.25, -0.2) is 0 Å². The van der Waals surface area contributed by atoms with Gasteiger partial charge in [0.25, 0.3) is 0 Å². The van der Waals surface area contributed by atoms with Gasteiger partial charge in [0.05, 0.1) is 10.8 Å². The van der Waals surface area contributed by atoms with Crippen molar-refractivity contribution >= 4 is 56.8 Å². The molecular weight excluding hydrogens is 965 g/mol. The Morgan fingerprint density at radius 1 is 0.250 bits per heavy atom. The monoisotopic (exact) mass is 1010 g/mol. The quantitative estimate of drug-likeness (QED) is 0.151. The molecule has 3 aliphatic rings. The first-order valence-corrected chi connectivity index (χ1v) is 27.4. The molecule has 0 radical (unpaired) electrons. The zero-order chi connectivity index (χ0) is 50.2. The maximum absolute atomic E-state index is 7.05. The van der Waals surface area contributed by atoms with Crippen molar-refractivity contribution in [1.82, 2.24) is 0 Å². The minimum absolute atomic E-state index is 0.850. The highest BCUT2D eigenvalue weighted by atomic mass is 32.1. The number of anilines is 6. The van der Waals surface area contributed by atoms with Gasteiger partial charge in [-0.3, -0.25) is 0 Å². The van der Waals surface area contributed by atoms with Crippen molar-refractivity contribution in [1.29, 1.82) is 0 Å². The predicted octanol–water partition coefficient (Wildman–Crippen LogP) is 19.6. The highest BCUT2D eigenvalue weighted by Gasteiger charge is 2.67. The first-order chi connectivity index (χ1) is 37.7. The number of ether oxygens (including phenoxy) is 2. The van der Waals surface area contributed by atoms with Crippen molar-refractivity contribution in [3.8, 4) is 53.6 Å². The van der Waals surface area contributed by atoms with Gasteiger partial charge in [0.1, 0.15) is 23.0 Å². The van der Waals surface area contributed by atoms with Gasteiger partial charge in [-0.2, -0.15) is 0 Å². The molecule has 0 saturated heterocycles. The van der Waals surface area contributed by atoms with E-state index in [0.717, 1.165) is 90.5 Å². The van der Waals surface area contributed by atoms with Crippen LogP contribution in [0, 0.1) is 0 Å². The molecule has 76 heavy (non-hydrogen) atoms. The lowest BCUT2D eigenvalue weighted by atomic mass is 9.44. The fourth-order valence-electron chi connectivity index (χ4n) is 12.5. The molecule has 15 rings (SSSR count). The number of hydrogen-bond acceptors (Lipinski definition) is 6. The van der Waals surface area contributed by atoms with E-state index in [-0.39, 0.29) is 0 Å². The molecule has 0 amide bonds. The van der Waals surface area contributed by atoms with Crippen LogP contribution in [-0.4, -0.2) is 0 Å². The van der Waals surface area contributed by atoms with Gasteiger partial charge in [-0.15, -0.1) is 22.7 Å². The van der Waals surface area contributed by atoms with Crippen molar-refractivity contribution < 1.29 is 9.47 Å². The topological polar surface area (TPSA) is 24.9 Å². The van der Waals surface area contributed by atoms with E-state index in [4.69, 9.17) is 9.47 Å². The van der Waals surface area contributed by atoms with Crippen LogP contribution in [0.3, 0.4) is 0 Å². The third-order valence-electron chi connectivity index (χ3n) is 15.5. The van der Waals surface area contributed by atoms with E-state index in [2.05, 4.69) is 289 Å². The van der Waals surface area contributed by atoms with Crippen molar-refractivity contribution in [3.63, 3.8) is 0 Å². The Hall–Kier alpha value is -9.20. The average molecular weight is 1010 g/mol. The van der Waals surface area contributed by atoms with Crippen molar-refractivity contribution in [2.45, 2.75) is 10.8 Å². The highest BCUT2D eigenvalue weighted by molar-refractivity contribution is 7.25. The minimum atomic E-state index is -0.850. The number of thiophene rings is 2. The highest BCUT2D eigenvalue weighted by Crippen LogP contribution is 2.74. The normalized spacial score (nSPS) is 13.7. The lowest BCUT2D eigenvalue weighted by Crippen LogP contribution is -2.56. The zero-order valence-electron chi connectivity index (χ0n) is 41.1. The summed E-state index contributed by atoms with van der Waals surface area (Å²) in [4.78, 5) is 9.56. The van der Waals surface area contributed by atoms with E-state index >= 15 is 0 Å². The number of para-hydroxylation sites is 8. The summed E-state index contributed by atoms with van der Waals surface area (Å²) < 4.78 is 14.1. The smallest absolute Gasteiger partial charge is 0.131 e. The number of hydrogen-bond donors (Lipinski definition) is 0. The molecule has 2 spiro atoms. The molecule has 10 aromatic carbocycles. The zero-order valence-corrected chi connectivity index (χ0v) is 42.7. The molecule has 360 valence electrons. The van der Waals surface area contributed by atoms with Crippen LogP contribution in [0.5, 0.6) is 23.0 Å². The summed E-state index contributed by atoms with van der Waals surface area (Å²) in [6.45, 7) is 0. The summed E-state index contributed by atoms with van der Waals surface area (Å²) in [7, 11) is 0. The fraction of sp³-hybridized carbons (Fsp3) is 0.0286. The Labute approximate surface area is 450 Å². The van der Waals surface area contributed by atoms with Gasteiger partial charge in [-0.05, 0) is 131 Å². The van der Waals surface area contributed by atoms with E-state index in [1.165, 1.54) is 30.6 Å². The minimum Gasteiger partial charge on any atom is -0.457 e. The standard InChI is InChI=1S/C70H46N2O2S2/c1-5-21-49(22-6-1)71(50-23-7-2-8-24-50)53-41-37-47(38-42-53)65-45-59-67(75-65)68-60(46-66(76-68)48-39-43-54(44-40-48)72(51-25-9-3-10-26-51)52-27-11-4-12-28-52)70(57-31-15-19-35-63(57)74-64-36-20-16-32-58(64)70)69(59)55-29-13-17-33-61(55)73-62-34-18-14-30-56(62)69/h1-46H. The van der Waals surface area contributed by atoms with Crippen LogP contribution >= 0.6 is 22.7 Å². The number of nitrogens with zero attached hydrogens (tertiary/aromatic N) is 2. The molecule has 12 aromatic rings. The third kappa shape index (κ3) is 6.61. The van der Waals surface area contributed by atoms with Crippen LogP contribution in [0.15, 0.2) is 279 Å². The van der Waals surface area contributed by atoms with Crippen LogP contribution in [0.1, 0.15) is 33.4 Å². The molecule has 0 N–H and O–H groups in total. The summed E-state index contributed by atoms with van der Waals surface area (Å²) >= 11 is 3.79. The van der Waals surface area contributed by atoms with Crippen LogP contribution in [0.2, 0.25) is 0 Å². The molecule has 4 heterocycles. The lowest BCUT2D eigenvalue weighted by molar-refractivity contribution is 0.320. The maximum Gasteiger partial charge on any atom is 0.131 e. The summed E-state index contributed by atoms with van der Waals surface area (Å²) in [5.74, 6) is 3.40. The molecule has 0 bridgehead atoms. The number of rotatable bonds is 8.